The van der Waals surface area contributed by atoms with Crippen molar-refractivity contribution in [1.29, 1.82) is 0 Å². The van der Waals surface area contributed by atoms with Crippen LogP contribution in [0.3, 0.4) is 0 Å². The van der Waals surface area contributed by atoms with Gasteiger partial charge in [0.05, 0.1) is 0 Å². The topological polar surface area (TPSA) is 29.3 Å². The van der Waals surface area contributed by atoms with Gasteiger partial charge in [0, 0.05) is 13.1 Å². The number of nitrogens with zero attached hydrogens (tertiary/aromatic N) is 1. The lowest BCUT2D eigenvalue weighted by Gasteiger charge is -2.21. The Hall–Kier alpha value is -0.0800. The van der Waals surface area contributed by atoms with Crippen molar-refractivity contribution in [3.8, 4) is 0 Å². The number of nitrogens with two attached hydrogens (primary N) is 1. The van der Waals surface area contributed by atoms with Gasteiger partial charge in [-0.15, -0.1) is 0 Å². The van der Waals surface area contributed by atoms with E-state index in [4.69, 9.17) is 5.73 Å². The van der Waals surface area contributed by atoms with Crippen LogP contribution in [-0.4, -0.2) is 31.1 Å². The normalized spacial score (nSPS) is 34.8. The maximum absolute atomic E-state index is 5.54. The monoisotopic (exact) mass is 182 g/mol. The summed E-state index contributed by atoms with van der Waals surface area (Å²) < 4.78 is 0. The van der Waals surface area contributed by atoms with E-state index >= 15 is 0 Å². The van der Waals surface area contributed by atoms with Crippen molar-refractivity contribution in [2.45, 2.75) is 32.1 Å². The highest BCUT2D eigenvalue weighted by Crippen LogP contribution is 2.33. The molecule has 1 saturated carbocycles. The van der Waals surface area contributed by atoms with Crippen LogP contribution in [-0.2, 0) is 0 Å². The van der Waals surface area contributed by atoms with E-state index in [2.05, 4.69) is 4.90 Å². The van der Waals surface area contributed by atoms with Crippen molar-refractivity contribution in [3.05, 3.63) is 0 Å². The molecule has 2 nitrogen and oxygen atoms in total. The Labute approximate surface area is 81.5 Å². The quantitative estimate of drug-likeness (QED) is 0.716. The van der Waals surface area contributed by atoms with E-state index in [-0.39, 0.29) is 0 Å². The molecule has 2 bridgehead atoms. The highest BCUT2D eigenvalue weighted by Gasteiger charge is 2.28. The lowest BCUT2D eigenvalue weighted by Crippen LogP contribution is -2.30. The van der Waals surface area contributed by atoms with Gasteiger partial charge in [-0.05, 0) is 57.0 Å². The van der Waals surface area contributed by atoms with Gasteiger partial charge in [0.15, 0.2) is 0 Å². The molecule has 0 unspecified atom stereocenters. The summed E-state index contributed by atoms with van der Waals surface area (Å²) in [6, 6.07) is 0. The molecule has 2 heterocycles. The molecular weight excluding hydrogens is 160 g/mol. The molecule has 0 atom stereocenters. The molecular formula is C11H22N2. The van der Waals surface area contributed by atoms with Crippen LogP contribution in [0.5, 0.6) is 0 Å². The van der Waals surface area contributed by atoms with Gasteiger partial charge in [-0.25, -0.2) is 0 Å². The molecule has 2 saturated heterocycles. The predicted molar refractivity (Wildman–Crippen MR) is 55.6 cm³/mol. The van der Waals surface area contributed by atoms with E-state index in [0.29, 0.717) is 0 Å². The fraction of sp³-hybridized carbons (Fsp3) is 1.00. The maximum Gasteiger partial charge on any atom is 0.000978 e. The smallest absolute Gasteiger partial charge is 0.000978 e. The van der Waals surface area contributed by atoms with Gasteiger partial charge in [0.1, 0.15) is 0 Å². The van der Waals surface area contributed by atoms with Crippen LogP contribution in [0.2, 0.25) is 0 Å². The largest absolute Gasteiger partial charge is 0.330 e. The van der Waals surface area contributed by atoms with E-state index in [1.807, 2.05) is 0 Å². The minimum absolute atomic E-state index is 0.853. The molecule has 0 aromatic rings. The molecule has 2 N–H and O–H groups in total. The highest BCUT2D eigenvalue weighted by atomic mass is 15.1. The second-order valence-electron chi connectivity index (χ2n) is 4.79. The molecule has 3 fully saturated rings. The van der Waals surface area contributed by atoms with Crippen molar-refractivity contribution in [2.75, 3.05) is 26.2 Å². The summed E-state index contributed by atoms with van der Waals surface area (Å²) >= 11 is 0. The summed E-state index contributed by atoms with van der Waals surface area (Å²) in [5, 5.41) is 0. The lowest BCUT2D eigenvalue weighted by molar-refractivity contribution is 0.251. The van der Waals surface area contributed by atoms with Crippen LogP contribution >= 0.6 is 0 Å². The van der Waals surface area contributed by atoms with Crippen molar-refractivity contribution in [1.82, 2.24) is 4.90 Å². The Morgan fingerprint density at radius 1 is 1.00 bits per heavy atom. The Morgan fingerprint density at radius 3 is 2.00 bits per heavy atom. The van der Waals surface area contributed by atoms with E-state index in [1.165, 1.54) is 51.7 Å². The van der Waals surface area contributed by atoms with Crippen LogP contribution in [0.4, 0.5) is 0 Å². The average Bonchev–Trinajstić information content (AvgIpc) is 2.46. The van der Waals surface area contributed by atoms with Gasteiger partial charge in [0.2, 0.25) is 0 Å². The number of hydrogen-bond acceptors (Lipinski definition) is 2. The van der Waals surface area contributed by atoms with Gasteiger partial charge < -0.3 is 10.6 Å². The molecule has 3 aliphatic rings. The summed E-state index contributed by atoms with van der Waals surface area (Å²) in [6.45, 7) is 4.81. The second kappa shape index (κ2) is 4.43. The first kappa shape index (κ1) is 9.47. The van der Waals surface area contributed by atoms with Crippen molar-refractivity contribution >= 4 is 0 Å². The third-order valence-electron chi connectivity index (χ3n) is 3.68. The van der Waals surface area contributed by atoms with Crippen LogP contribution in [0.25, 0.3) is 0 Å². The van der Waals surface area contributed by atoms with Crippen molar-refractivity contribution in [3.63, 3.8) is 0 Å². The van der Waals surface area contributed by atoms with Gasteiger partial charge >= 0.3 is 0 Å². The zero-order chi connectivity index (χ0) is 9.10. The minimum atomic E-state index is 0.853. The van der Waals surface area contributed by atoms with Crippen molar-refractivity contribution < 1.29 is 0 Å². The van der Waals surface area contributed by atoms with E-state index in [9.17, 15) is 0 Å². The van der Waals surface area contributed by atoms with E-state index < -0.39 is 0 Å². The zero-order valence-electron chi connectivity index (χ0n) is 8.54. The standard InChI is InChI=1S/C11H22N2/c12-6-1-7-13-8-10-2-3-11(9-13)5-4-10/h10-11H,1-9,12H2. The molecule has 2 heteroatoms. The minimum Gasteiger partial charge on any atom is -0.330 e. The summed E-state index contributed by atoms with van der Waals surface area (Å²) in [4.78, 5) is 2.65. The van der Waals surface area contributed by atoms with Crippen molar-refractivity contribution in [2.24, 2.45) is 17.6 Å². The van der Waals surface area contributed by atoms with E-state index in [1.54, 1.807) is 0 Å². The Kier molecular flexibility index (Phi) is 3.23. The third kappa shape index (κ3) is 2.44. The summed E-state index contributed by atoms with van der Waals surface area (Å²) in [7, 11) is 0. The fourth-order valence-electron chi connectivity index (χ4n) is 2.90. The average molecular weight is 182 g/mol. The van der Waals surface area contributed by atoms with Crippen LogP contribution in [0.15, 0.2) is 0 Å². The Morgan fingerprint density at radius 2 is 1.54 bits per heavy atom. The third-order valence-corrected chi connectivity index (χ3v) is 3.68. The lowest BCUT2D eigenvalue weighted by atomic mass is 9.84. The first-order valence-corrected chi connectivity index (χ1v) is 5.81. The molecule has 2 aliphatic heterocycles. The first-order valence-electron chi connectivity index (χ1n) is 5.81. The van der Waals surface area contributed by atoms with Crippen LogP contribution < -0.4 is 5.73 Å². The van der Waals surface area contributed by atoms with Gasteiger partial charge in [-0.3, -0.25) is 0 Å². The second-order valence-corrected chi connectivity index (χ2v) is 4.79. The number of fused-ring (bicyclic) bond motifs is 4. The molecule has 76 valence electrons. The molecule has 3 rings (SSSR count). The fourth-order valence-corrected chi connectivity index (χ4v) is 2.90. The van der Waals surface area contributed by atoms with Gasteiger partial charge in [-0.1, -0.05) is 0 Å². The summed E-state index contributed by atoms with van der Waals surface area (Å²) in [5.41, 5.74) is 5.54. The number of rotatable bonds is 3. The molecule has 0 radical (unpaired) electrons. The predicted octanol–water partition coefficient (Wildman–Crippen LogP) is 1.46. The molecule has 0 amide bonds. The summed E-state index contributed by atoms with van der Waals surface area (Å²) in [6.07, 6.45) is 7.14. The zero-order valence-corrected chi connectivity index (χ0v) is 8.54. The molecule has 0 spiro atoms. The summed E-state index contributed by atoms with van der Waals surface area (Å²) in [5.74, 6) is 2.02. The van der Waals surface area contributed by atoms with Gasteiger partial charge in [-0.2, -0.15) is 0 Å². The number of hydrogen-bond donors (Lipinski definition) is 1. The molecule has 13 heavy (non-hydrogen) atoms. The maximum atomic E-state index is 5.54. The molecule has 1 aliphatic carbocycles. The first-order chi connectivity index (χ1) is 6.38. The SMILES string of the molecule is NCCCN1CC2CCC(CC2)C1. The Bertz CT molecular complexity index is 136. The van der Waals surface area contributed by atoms with Crippen LogP contribution in [0.1, 0.15) is 32.1 Å². The molecule has 0 aromatic carbocycles. The van der Waals surface area contributed by atoms with Crippen LogP contribution in [0, 0.1) is 11.8 Å². The van der Waals surface area contributed by atoms with E-state index in [0.717, 1.165) is 18.4 Å². The van der Waals surface area contributed by atoms with Gasteiger partial charge in [0.25, 0.3) is 0 Å². The Balaban J connectivity index is 1.84. The highest BCUT2D eigenvalue weighted by molar-refractivity contribution is 4.82. The molecule has 0 aromatic heterocycles.